The Bertz CT molecular complexity index is 220. The molecule has 80 valence electrons. The molecule has 14 heavy (non-hydrogen) atoms. The number of hydrogen-bond acceptors (Lipinski definition) is 3. The van der Waals surface area contributed by atoms with Crippen LogP contribution in [-0.4, -0.2) is 30.1 Å². The van der Waals surface area contributed by atoms with Crippen molar-refractivity contribution in [3.8, 4) is 0 Å². The molecule has 2 aliphatic rings. The lowest BCUT2D eigenvalue weighted by molar-refractivity contribution is -0.188. The molecule has 1 saturated carbocycles. The van der Waals surface area contributed by atoms with Gasteiger partial charge in [-0.25, -0.2) is 0 Å². The molecule has 0 aromatic carbocycles. The predicted octanol–water partition coefficient (Wildman–Crippen LogP) is 1.39. The molecule has 1 heterocycles. The van der Waals surface area contributed by atoms with Gasteiger partial charge in [0.15, 0.2) is 5.79 Å². The lowest BCUT2D eigenvalue weighted by Gasteiger charge is -2.35. The highest BCUT2D eigenvalue weighted by Gasteiger charge is 2.41. The highest BCUT2D eigenvalue weighted by molar-refractivity contribution is 5.67. The minimum atomic E-state index is -0.718. The fourth-order valence-electron chi connectivity index (χ4n) is 2.48. The molecule has 2 fully saturated rings. The SMILES string of the molecule is O=C(O)CC1CCCC2(C1)OCCO2. The van der Waals surface area contributed by atoms with Gasteiger partial charge in [-0.05, 0) is 18.8 Å². The molecule has 1 aliphatic heterocycles. The maximum absolute atomic E-state index is 10.6. The average molecular weight is 200 g/mol. The van der Waals surface area contributed by atoms with Gasteiger partial charge in [-0.1, -0.05) is 0 Å². The molecular weight excluding hydrogens is 184 g/mol. The van der Waals surface area contributed by atoms with Crippen molar-refractivity contribution in [3.05, 3.63) is 0 Å². The minimum absolute atomic E-state index is 0.222. The third kappa shape index (κ3) is 2.07. The van der Waals surface area contributed by atoms with Crippen LogP contribution in [0.25, 0.3) is 0 Å². The molecule has 0 bridgehead atoms. The number of carbonyl (C=O) groups is 1. The molecule has 2 rings (SSSR count). The number of carboxylic acid groups (broad SMARTS) is 1. The Labute approximate surface area is 83.2 Å². The largest absolute Gasteiger partial charge is 0.481 e. The van der Waals surface area contributed by atoms with Crippen LogP contribution in [0.2, 0.25) is 0 Å². The van der Waals surface area contributed by atoms with Crippen LogP contribution in [0, 0.1) is 5.92 Å². The van der Waals surface area contributed by atoms with Crippen LogP contribution in [0.15, 0.2) is 0 Å². The first-order chi connectivity index (χ1) is 6.70. The summed E-state index contributed by atoms with van der Waals surface area (Å²) < 4.78 is 11.2. The van der Waals surface area contributed by atoms with E-state index in [-0.39, 0.29) is 12.3 Å². The highest BCUT2D eigenvalue weighted by Crippen LogP contribution is 2.39. The second-order valence-corrected chi connectivity index (χ2v) is 4.17. The van der Waals surface area contributed by atoms with Crippen molar-refractivity contribution in [2.75, 3.05) is 13.2 Å². The zero-order valence-corrected chi connectivity index (χ0v) is 8.20. The lowest BCUT2D eigenvalue weighted by atomic mass is 9.83. The van der Waals surface area contributed by atoms with E-state index in [1.54, 1.807) is 0 Å². The monoisotopic (exact) mass is 200 g/mol. The van der Waals surface area contributed by atoms with Gasteiger partial charge in [0.1, 0.15) is 0 Å². The number of hydrogen-bond donors (Lipinski definition) is 1. The van der Waals surface area contributed by atoms with E-state index < -0.39 is 11.8 Å². The van der Waals surface area contributed by atoms with Gasteiger partial charge in [0, 0.05) is 19.3 Å². The van der Waals surface area contributed by atoms with Crippen LogP contribution in [-0.2, 0) is 14.3 Å². The Balaban J connectivity index is 1.93. The Morgan fingerprint density at radius 3 is 2.79 bits per heavy atom. The zero-order valence-electron chi connectivity index (χ0n) is 8.20. The maximum atomic E-state index is 10.6. The summed E-state index contributed by atoms with van der Waals surface area (Å²) >= 11 is 0. The van der Waals surface area contributed by atoms with Crippen molar-refractivity contribution in [2.45, 2.75) is 37.9 Å². The summed E-state index contributed by atoms with van der Waals surface area (Å²) in [4.78, 5) is 10.6. The van der Waals surface area contributed by atoms with Crippen LogP contribution < -0.4 is 0 Å². The molecule has 1 saturated heterocycles. The van der Waals surface area contributed by atoms with Crippen molar-refractivity contribution < 1.29 is 19.4 Å². The Kier molecular flexibility index (Phi) is 2.74. The molecule has 1 aliphatic carbocycles. The highest BCUT2D eigenvalue weighted by atomic mass is 16.7. The molecule has 0 aromatic heterocycles. The van der Waals surface area contributed by atoms with Gasteiger partial charge in [0.25, 0.3) is 0 Å². The van der Waals surface area contributed by atoms with Crippen molar-refractivity contribution in [3.63, 3.8) is 0 Å². The van der Waals surface area contributed by atoms with E-state index in [2.05, 4.69) is 0 Å². The van der Waals surface area contributed by atoms with Gasteiger partial charge >= 0.3 is 5.97 Å². The molecular formula is C10H16O4. The Morgan fingerprint density at radius 1 is 1.43 bits per heavy atom. The lowest BCUT2D eigenvalue weighted by Crippen LogP contribution is -2.36. The average Bonchev–Trinajstić information content (AvgIpc) is 2.52. The smallest absolute Gasteiger partial charge is 0.303 e. The number of aliphatic carboxylic acids is 1. The quantitative estimate of drug-likeness (QED) is 0.732. The third-order valence-electron chi connectivity index (χ3n) is 3.05. The molecule has 0 amide bonds. The topological polar surface area (TPSA) is 55.8 Å². The van der Waals surface area contributed by atoms with Gasteiger partial charge in [0.2, 0.25) is 0 Å². The fourth-order valence-corrected chi connectivity index (χ4v) is 2.48. The second-order valence-electron chi connectivity index (χ2n) is 4.17. The fraction of sp³-hybridized carbons (Fsp3) is 0.900. The summed E-state index contributed by atoms with van der Waals surface area (Å²) in [5, 5.41) is 8.72. The van der Waals surface area contributed by atoms with Crippen LogP contribution >= 0.6 is 0 Å². The Morgan fingerprint density at radius 2 is 2.14 bits per heavy atom. The molecule has 1 spiro atoms. The summed E-state index contributed by atoms with van der Waals surface area (Å²) in [6.45, 7) is 1.31. The molecule has 4 nitrogen and oxygen atoms in total. The first kappa shape index (κ1) is 9.93. The first-order valence-corrected chi connectivity index (χ1v) is 5.20. The van der Waals surface area contributed by atoms with Gasteiger partial charge in [-0.3, -0.25) is 4.79 Å². The van der Waals surface area contributed by atoms with E-state index >= 15 is 0 Å². The van der Waals surface area contributed by atoms with Crippen molar-refractivity contribution >= 4 is 5.97 Å². The van der Waals surface area contributed by atoms with E-state index in [1.165, 1.54) is 0 Å². The van der Waals surface area contributed by atoms with E-state index in [9.17, 15) is 4.79 Å². The molecule has 1 atom stereocenters. The van der Waals surface area contributed by atoms with Gasteiger partial charge in [-0.15, -0.1) is 0 Å². The predicted molar refractivity (Wildman–Crippen MR) is 48.8 cm³/mol. The van der Waals surface area contributed by atoms with Crippen LogP contribution in [0.1, 0.15) is 32.1 Å². The van der Waals surface area contributed by atoms with Crippen LogP contribution in [0.4, 0.5) is 0 Å². The van der Waals surface area contributed by atoms with Crippen molar-refractivity contribution in [2.24, 2.45) is 5.92 Å². The van der Waals surface area contributed by atoms with Gasteiger partial charge < -0.3 is 14.6 Å². The van der Waals surface area contributed by atoms with Crippen LogP contribution in [0.3, 0.4) is 0 Å². The van der Waals surface area contributed by atoms with E-state index in [1.807, 2.05) is 0 Å². The third-order valence-corrected chi connectivity index (χ3v) is 3.05. The number of rotatable bonds is 2. The van der Waals surface area contributed by atoms with Crippen molar-refractivity contribution in [1.29, 1.82) is 0 Å². The molecule has 0 radical (unpaired) electrons. The molecule has 1 unspecified atom stereocenters. The van der Waals surface area contributed by atoms with Crippen molar-refractivity contribution in [1.82, 2.24) is 0 Å². The van der Waals surface area contributed by atoms with E-state index in [0.717, 1.165) is 25.7 Å². The molecule has 4 heteroatoms. The Hall–Kier alpha value is -0.610. The summed E-state index contributed by atoms with van der Waals surface area (Å²) in [6, 6.07) is 0. The van der Waals surface area contributed by atoms with Gasteiger partial charge in [0.05, 0.1) is 13.2 Å². The summed E-state index contributed by atoms with van der Waals surface area (Å²) in [7, 11) is 0. The summed E-state index contributed by atoms with van der Waals surface area (Å²) in [5.41, 5.74) is 0. The standard InChI is InChI=1S/C10H16O4/c11-9(12)6-8-2-1-3-10(7-8)13-4-5-14-10/h8H,1-7H2,(H,11,12). The van der Waals surface area contributed by atoms with E-state index in [0.29, 0.717) is 13.2 Å². The summed E-state index contributed by atoms with van der Waals surface area (Å²) in [6.07, 6.45) is 3.91. The maximum Gasteiger partial charge on any atom is 0.303 e. The minimum Gasteiger partial charge on any atom is -0.481 e. The molecule has 1 N–H and O–H groups in total. The van der Waals surface area contributed by atoms with Crippen LogP contribution in [0.5, 0.6) is 0 Å². The number of carboxylic acids is 1. The summed E-state index contributed by atoms with van der Waals surface area (Å²) in [5.74, 6) is -0.928. The number of ether oxygens (including phenoxy) is 2. The molecule has 0 aromatic rings. The zero-order chi connectivity index (χ0) is 10.0. The second kappa shape index (κ2) is 3.87. The van der Waals surface area contributed by atoms with Gasteiger partial charge in [-0.2, -0.15) is 0 Å². The van der Waals surface area contributed by atoms with E-state index in [4.69, 9.17) is 14.6 Å². The normalized spacial score (nSPS) is 30.7. The first-order valence-electron chi connectivity index (χ1n) is 5.20.